The number of carbonyl (C=O) groups excluding carboxylic acids is 2. The van der Waals surface area contributed by atoms with Crippen molar-refractivity contribution in [1.29, 1.82) is 0 Å². The summed E-state index contributed by atoms with van der Waals surface area (Å²) in [5, 5.41) is 7.53. The second kappa shape index (κ2) is 8.37. The summed E-state index contributed by atoms with van der Waals surface area (Å²) >= 11 is 1.64. The first-order valence-corrected chi connectivity index (χ1v) is 9.78. The maximum atomic E-state index is 12.7. The van der Waals surface area contributed by atoms with Gasteiger partial charge in [-0.2, -0.15) is 0 Å². The minimum Gasteiger partial charge on any atom is -0.397 e. The van der Waals surface area contributed by atoms with Gasteiger partial charge in [-0.25, -0.2) is 0 Å². The average Bonchev–Trinajstić information content (AvgIpc) is 3.23. The Morgan fingerprint density at radius 3 is 2.74 bits per heavy atom. The molecule has 2 unspecified atom stereocenters. The van der Waals surface area contributed by atoms with Gasteiger partial charge in [-0.3, -0.25) is 9.59 Å². The first-order chi connectivity index (χ1) is 13.0. The van der Waals surface area contributed by atoms with Crippen LogP contribution >= 0.6 is 11.3 Å². The maximum Gasteiger partial charge on any atom is 0.240 e. The summed E-state index contributed by atoms with van der Waals surface area (Å²) < 4.78 is 0. The van der Waals surface area contributed by atoms with Crippen LogP contribution in [-0.2, 0) is 9.59 Å². The lowest BCUT2D eigenvalue weighted by Gasteiger charge is -2.24. The summed E-state index contributed by atoms with van der Waals surface area (Å²) in [5.74, 6) is -0.424. The summed E-state index contributed by atoms with van der Waals surface area (Å²) in [5.41, 5.74) is 15.1. The van der Waals surface area contributed by atoms with E-state index in [-0.39, 0.29) is 17.7 Å². The molecule has 6 nitrogen and oxygen atoms in total. The highest BCUT2D eigenvalue weighted by Gasteiger charge is 2.26. The molecule has 0 spiro atoms. The number of benzene rings is 1. The molecule has 7 heteroatoms. The van der Waals surface area contributed by atoms with Crippen LogP contribution in [0.1, 0.15) is 19.3 Å². The molecule has 0 saturated heterocycles. The second-order valence-electron chi connectivity index (χ2n) is 6.61. The quantitative estimate of drug-likeness (QED) is 0.469. The van der Waals surface area contributed by atoms with E-state index in [1.54, 1.807) is 18.4 Å². The van der Waals surface area contributed by atoms with Crippen LogP contribution in [0.3, 0.4) is 0 Å². The van der Waals surface area contributed by atoms with Crippen LogP contribution in [0.25, 0.3) is 10.4 Å². The van der Waals surface area contributed by atoms with E-state index in [1.807, 2.05) is 41.8 Å². The molecule has 1 heterocycles. The molecule has 1 aliphatic rings. The Balaban J connectivity index is 1.67. The van der Waals surface area contributed by atoms with E-state index in [0.717, 1.165) is 16.0 Å². The zero-order chi connectivity index (χ0) is 19.4. The Labute approximate surface area is 162 Å². The van der Waals surface area contributed by atoms with E-state index in [4.69, 9.17) is 11.5 Å². The standard InChI is InChI=1S/C20H24N4O2S/c1-23-20(26)18(22)12-4-6-13(7-5-12)19(25)24-16-11-14(8-9-15(16)21)17-3-2-10-27-17/h2-4,8-11,13,18H,5-7,21-22H2,1H3,(H,23,26)(H,24,25). The minimum absolute atomic E-state index is 0.0613. The zero-order valence-electron chi connectivity index (χ0n) is 15.2. The van der Waals surface area contributed by atoms with Crippen molar-refractivity contribution in [1.82, 2.24) is 5.32 Å². The van der Waals surface area contributed by atoms with Gasteiger partial charge in [0.2, 0.25) is 11.8 Å². The highest BCUT2D eigenvalue weighted by atomic mass is 32.1. The number of hydrogen-bond donors (Lipinski definition) is 4. The van der Waals surface area contributed by atoms with Crippen molar-refractivity contribution in [2.24, 2.45) is 11.7 Å². The molecule has 1 aromatic carbocycles. The van der Waals surface area contributed by atoms with Crippen LogP contribution in [0.2, 0.25) is 0 Å². The van der Waals surface area contributed by atoms with Crippen LogP contribution in [0.15, 0.2) is 47.4 Å². The van der Waals surface area contributed by atoms with Gasteiger partial charge in [0.05, 0.1) is 11.4 Å². The lowest BCUT2D eigenvalue weighted by Crippen LogP contribution is -2.41. The number of amides is 2. The van der Waals surface area contributed by atoms with Crippen LogP contribution in [0, 0.1) is 5.92 Å². The number of nitrogens with one attached hydrogen (secondary N) is 2. The number of carbonyl (C=O) groups is 2. The third kappa shape index (κ3) is 4.37. The van der Waals surface area contributed by atoms with Gasteiger partial charge in [-0.1, -0.05) is 18.2 Å². The molecular formula is C20H24N4O2S. The highest BCUT2D eigenvalue weighted by Crippen LogP contribution is 2.31. The average molecular weight is 385 g/mol. The van der Waals surface area contributed by atoms with Gasteiger partial charge in [0.25, 0.3) is 0 Å². The molecule has 1 aromatic heterocycles. The number of allylic oxidation sites excluding steroid dienone is 1. The zero-order valence-corrected chi connectivity index (χ0v) is 16.0. The van der Waals surface area contributed by atoms with Gasteiger partial charge in [-0.15, -0.1) is 11.3 Å². The van der Waals surface area contributed by atoms with Crippen LogP contribution in [0.5, 0.6) is 0 Å². The van der Waals surface area contributed by atoms with E-state index >= 15 is 0 Å². The number of nitrogens with two attached hydrogens (primary N) is 2. The predicted octanol–water partition coefficient (Wildman–Crippen LogP) is 2.74. The number of rotatable bonds is 5. The maximum absolute atomic E-state index is 12.7. The highest BCUT2D eigenvalue weighted by molar-refractivity contribution is 7.13. The number of thiophene rings is 1. The third-order valence-corrected chi connectivity index (χ3v) is 5.78. The molecule has 0 saturated carbocycles. The molecular weight excluding hydrogens is 360 g/mol. The Hall–Kier alpha value is -2.64. The second-order valence-corrected chi connectivity index (χ2v) is 7.56. The van der Waals surface area contributed by atoms with Gasteiger partial charge in [0.1, 0.15) is 6.04 Å². The first-order valence-electron chi connectivity index (χ1n) is 8.90. The molecule has 27 heavy (non-hydrogen) atoms. The number of nitrogen functional groups attached to an aromatic ring is 1. The Bertz CT molecular complexity index is 861. The molecule has 3 rings (SSSR count). The molecule has 0 fully saturated rings. The van der Waals surface area contributed by atoms with Crippen molar-refractivity contribution < 1.29 is 9.59 Å². The van der Waals surface area contributed by atoms with E-state index in [0.29, 0.717) is 30.6 Å². The largest absolute Gasteiger partial charge is 0.397 e. The van der Waals surface area contributed by atoms with E-state index in [1.165, 1.54) is 0 Å². The minimum atomic E-state index is -0.642. The number of anilines is 2. The van der Waals surface area contributed by atoms with E-state index in [9.17, 15) is 9.59 Å². The van der Waals surface area contributed by atoms with Gasteiger partial charge < -0.3 is 22.1 Å². The molecule has 0 bridgehead atoms. The van der Waals surface area contributed by atoms with Crippen molar-refractivity contribution in [3.05, 3.63) is 47.4 Å². The van der Waals surface area contributed by atoms with Crippen LogP contribution in [-0.4, -0.2) is 24.9 Å². The Morgan fingerprint density at radius 2 is 2.11 bits per heavy atom. The normalized spacial score (nSPS) is 17.7. The summed E-state index contributed by atoms with van der Waals surface area (Å²) in [7, 11) is 1.57. The van der Waals surface area contributed by atoms with E-state index in [2.05, 4.69) is 10.6 Å². The van der Waals surface area contributed by atoms with E-state index < -0.39 is 6.04 Å². The summed E-state index contributed by atoms with van der Waals surface area (Å²) in [4.78, 5) is 25.5. The SMILES string of the molecule is CNC(=O)C(N)C1=CCC(C(=O)Nc2cc(-c3cccs3)ccc2N)CC1. The molecule has 2 amide bonds. The Morgan fingerprint density at radius 1 is 1.30 bits per heavy atom. The van der Waals surface area contributed by atoms with Crippen molar-refractivity contribution in [3.63, 3.8) is 0 Å². The van der Waals surface area contributed by atoms with Crippen molar-refractivity contribution >= 4 is 34.5 Å². The smallest absolute Gasteiger partial charge is 0.240 e. The van der Waals surface area contributed by atoms with Crippen molar-refractivity contribution in [3.8, 4) is 10.4 Å². The molecule has 0 aliphatic heterocycles. The molecule has 2 aromatic rings. The molecule has 0 radical (unpaired) electrons. The molecule has 1 aliphatic carbocycles. The van der Waals surface area contributed by atoms with Crippen LogP contribution in [0.4, 0.5) is 11.4 Å². The van der Waals surface area contributed by atoms with Crippen molar-refractivity contribution in [2.75, 3.05) is 18.1 Å². The summed E-state index contributed by atoms with van der Waals surface area (Å²) in [6, 6.07) is 9.05. The van der Waals surface area contributed by atoms with Crippen LogP contribution < -0.4 is 22.1 Å². The lowest BCUT2D eigenvalue weighted by atomic mass is 9.86. The van der Waals surface area contributed by atoms with Gasteiger partial charge in [-0.05, 0) is 54.0 Å². The van der Waals surface area contributed by atoms with Gasteiger partial charge >= 0.3 is 0 Å². The van der Waals surface area contributed by atoms with Gasteiger partial charge in [0.15, 0.2) is 0 Å². The predicted molar refractivity (Wildman–Crippen MR) is 110 cm³/mol. The molecule has 6 N–H and O–H groups in total. The fraction of sp³-hybridized carbons (Fsp3) is 0.300. The first kappa shape index (κ1) is 19.1. The third-order valence-electron chi connectivity index (χ3n) is 4.86. The van der Waals surface area contributed by atoms with Gasteiger partial charge in [0, 0.05) is 17.8 Å². The molecule has 142 valence electrons. The summed E-state index contributed by atoms with van der Waals surface area (Å²) in [6.07, 6.45) is 3.78. The fourth-order valence-electron chi connectivity index (χ4n) is 3.19. The number of likely N-dealkylation sites (N-methyl/N-ethyl adjacent to an activating group) is 1. The van der Waals surface area contributed by atoms with Crippen molar-refractivity contribution in [2.45, 2.75) is 25.3 Å². The topological polar surface area (TPSA) is 110 Å². The Kier molecular flexibility index (Phi) is 5.93. The monoisotopic (exact) mass is 384 g/mol. The fourth-order valence-corrected chi connectivity index (χ4v) is 3.92. The summed E-state index contributed by atoms with van der Waals surface area (Å²) in [6.45, 7) is 0. The lowest BCUT2D eigenvalue weighted by molar-refractivity contribution is -0.121. The number of hydrogen-bond acceptors (Lipinski definition) is 5. The molecule has 2 atom stereocenters.